The minimum atomic E-state index is -4.11. The molecule has 0 spiro atoms. The fourth-order valence-electron chi connectivity index (χ4n) is 5.00. The van der Waals surface area contributed by atoms with Crippen LogP contribution in [0.5, 0.6) is 5.75 Å². The number of nitrogens with zero attached hydrogens (tertiary/aromatic N) is 2. The van der Waals surface area contributed by atoms with Crippen LogP contribution in [0.2, 0.25) is 0 Å². The molecule has 41 heavy (non-hydrogen) atoms. The van der Waals surface area contributed by atoms with Crippen molar-refractivity contribution < 1.29 is 22.7 Å². The van der Waals surface area contributed by atoms with E-state index in [0.717, 1.165) is 42.0 Å². The maximum atomic E-state index is 14.1. The second-order valence-corrected chi connectivity index (χ2v) is 13.0. The summed E-state index contributed by atoms with van der Waals surface area (Å²) in [5.74, 6) is -0.136. The Morgan fingerprint density at radius 1 is 0.976 bits per heavy atom. The lowest BCUT2D eigenvalue weighted by molar-refractivity contribution is -0.139. The number of sulfonamides is 1. The fraction of sp³-hybridized carbons (Fsp3) is 0.355. The van der Waals surface area contributed by atoms with Gasteiger partial charge in [0.25, 0.3) is 10.0 Å². The van der Waals surface area contributed by atoms with Crippen molar-refractivity contribution in [2.75, 3.05) is 18.0 Å². The monoisotopic (exact) mass is 641 g/mol. The number of ether oxygens (including phenoxy) is 1. The largest absolute Gasteiger partial charge is 0.497 e. The van der Waals surface area contributed by atoms with Gasteiger partial charge in [0.05, 0.1) is 17.7 Å². The number of carbonyl (C=O) groups is 2. The molecule has 4 rings (SSSR count). The van der Waals surface area contributed by atoms with Crippen molar-refractivity contribution in [2.45, 2.75) is 62.6 Å². The van der Waals surface area contributed by atoms with Crippen LogP contribution in [0.15, 0.2) is 88.2 Å². The van der Waals surface area contributed by atoms with Crippen LogP contribution < -0.4 is 14.4 Å². The van der Waals surface area contributed by atoms with Gasteiger partial charge in [-0.15, -0.1) is 0 Å². The van der Waals surface area contributed by atoms with Crippen molar-refractivity contribution in [1.82, 2.24) is 10.2 Å². The quantitative estimate of drug-likeness (QED) is 0.297. The number of halogens is 1. The number of hydrogen-bond donors (Lipinski definition) is 1. The topological polar surface area (TPSA) is 96.0 Å². The molecule has 218 valence electrons. The summed E-state index contributed by atoms with van der Waals surface area (Å²) in [5.41, 5.74) is 1.09. The van der Waals surface area contributed by atoms with Gasteiger partial charge in [-0.2, -0.15) is 0 Å². The van der Waals surface area contributed by atoms with Crippen LogP contribution in [0.3, 0.4) is 0 Å². The predicted molar refractivity (Wildman–Crippen MR) is 163 cm³/mol. The molecule has 0 unspecified atom stereocenters. The zero-order valence-electron chi connectivity index (χ0n) is 23.3. The summed E-state index contributed by atoms with van der Waals surface area (Å²) in [5, 5.41) is 3.12. The summed E-state index contributed by atoms with van der Waals surface area (Å²) in [7, 11) is -2.55. The van der Waals surface area contributed by atoms with E-state index in [9.17, 15) is 18.0 Å². The number of methoxy groups -OCH3 is 1. The van der Waals surface area contributed by atoms with Crippen LogP contribution in [0.1, 0.15) is 44.6 Å². The first-order valence-electron chi connectivity index (χ1n) is 13.7. The molecule has 2 amide bonds. The van der Waals surface area contributed by atoms with E-state index in [2.05, 4.69) is 21.2 Å². The van der Waals surface area contributed by atoms with Gasteiger partial charge >= 0.3 is 0 Å². The highest BCUT2D eigenvalue weighted by atomic mass is 79.9. The van der Waals surface area contributed by atoms with E-state index in [4.69, 9.17) is 4.74 Å². The van der Waals surface area contributed by atoms with E-state index in [1.54, 1.807) is 68.6 Å². The van der Waals surface area contributed by atoms with Gasteiger partial charge in [0.2, 0.25) is 11.8 Å². The normalized spacial score (nSPS) is 14.6. The maximum Gasteiger partial charge on any atom is 0.264 e. The zero-order chi connectivity index (χ0) is 29.4. The Balaban J connectivity index is 1.67. The van der Waals surface area contributed by atoms with Gasteiger partial charge in [-0.1, -0.05) is 71.6 Å². The van der Waals surface area contributed by atoms with Crippen LogP contribution in [0, 0.1) is 0 Å². The zero-order valence-corrected chi connectivity index (χ0v) is 25.7. The lowest BCUT2D eigenvalue weighted by Gasteiger charge is -2.33. The first-order valence-corrected chi connectivity index (χ1v) is 16.0. The third-order valence-corrected chi connectivity index (χ3v) is 9.59. The molecule has 0 aromatic heterocycles. The van der Waals surface area contributed by atoms with Crippen molar-refractivity contribution in [2.24, 2.45) is 0 Å². The SMILES string of the molecule is COc1cccc(CN(C(=O)CN(c2cccc(Br)c2)S(=O)(=O)c2ccccc2)[C@H](C)C(=O)NC2CCCCC2)c1. The molecule has 0 heterocycles. The minimum Gasteiger partial charge on any atom is -0.497 e. The van der Waals surface area contributed by atoms with Crippen molar-refractivity contribution in [3.05, 3.63) is 88.9 Å². The number of hydrogen-bond acceptors (Lipinski definition) is 5. The van der Waals surface area contributed by atoms with Gasteiger partial charge < -0.3 is 15.0 Å². The van der Waals surface area contributed by atoms with Gasteiger partial charge in [0.15, 0.2) is 0 Å². The van der Waals surface area contributed by atoms with Gasteiger partial charge in [0, 0.05) is 17.1 Å². The van der Waals surface area contributed by atoms with E-state index in [1.165, 1.54) is 17.0 Å². The van der Waals surface area contributed by atoms with Gasteiger partial charge in [-0.3, -0.25) is 13.9 Å². The summed E-state index contributed by atoms with van der Waals surface area (Å²) < 4.78 is 34.8. The molecular formula is C31H36BrN3O5S. The number of rotatable bonds is 11. The van der Waals surface area contributed by atoms with Crippen LogP contribution in [0.25, 0.3) is 0 Å². The molecule has 0 radical (unpaired) electrons. The molecule has 1 saturated carbocycles. The minimum absolute atomic E-state index is 0.0650. The molecule has 1 aliphatic rings. The number of nitrogens with one attached hydrogen (secondary N) is 1. The number of anilines is 1. The molecule has 1 N–H and O–H groups in total. The Morgan fingerprint density at radius 2 is 1.68 bits per heavy atom. The fourth-order valence-corrected chi connectivity index (χ4v) is 6.81. The van der Waals surface area contributed by atoms with Crippen molar-refractivity contribution in [3.8, 4) is 5.75 Å². The van der Waals surface area contributed by atoms with E-state index in [0.29, 0.717) is 15.9 Å². The second-order valence-electron chi connectivity index (χ2n) is 10.2. The first-order chi connectivity index (χ1) is 19.7. The standard InChI is InChI=1S/C31H36BrN3O5S/c1-23(31(37)33-26-13-5-3-6-14-26)34(21-24-11-9-16-28(19-24)40-2)30(36)22-35(27-15-10-12-25(32)20-27)41(38,39)29-17-7-4-8-18-29/h4,7-12,15-20,23,26H,3,5-6,13-14,21-22H2,1-2H3,(H,33,37)/t23-/m1/s1. The second kappa shape index (κ2) is 14.0. The average Bonchev–Trinajstić information content (AvgIpc) is 2.99. The average molecular weight is 643 g/mol. The Labute approximate surface area is 250 Å². The Morgan fingerprint density at radius 3 is 2.37 bits per heavy atom. The molecule has 0 bridgehead atoms. The first kappa shape index (κ1) is 30.6. The van der Waals surface area contributed by atoms with Crippen molar-refractivity contribution in [3.63, 3.8) is 0 Å². The lowest BCUT2D eigenvalue weighted by atomic mass is 9.95. The molecule has 3 aromatic rings. The highest BCUT2D eigenvalue weighted by molar-refractivity contribution is 9.10. The predicted octanol–water partition coefficient (Wildman–Crippen LogP) is 5.52. The molecule has 10 heteroatoms. The summed E-state index contributed by atoms with van der Waals surface area (Å²) in [4.78, 5) is 29.0. The van der Waals surface area contributed by atoms with Crippen LogP contribution in [-0.2, 0) is 26.2 Å². The summed E-state index contributed by atoms with van der Waals surface area (Å²) >= 11 is 3.41. The summed E-state index contributed by atoms with van der Waals surface area (Å²) in [6.07, 6.45) is 5.10. The Kier molecular flexibility index (Phi) is 10.4. The van der Waals surface area contributed by atoms with Crippen LogP contribution in [-0.4, -0.2) is 50.9 Å². The molecule has 1 aliphatic carbocycles. The molecule has 0 aliphatic heterocycles. The van der Waals surface area contributed by atoms with E-state index in [1.807, 2.05) is 12.1 Å². The molecule has 1 fully saturated rings. The van der Waals surface area contributed by atoms with Crippen LogP contribution in [0.4, 0.5) is 5.69 Å². The van der Waals surface area contributed by atoms with Crippen LogP contribution >= 0.6 is 15.9 Å². The van der Waals surface area contributed by atoms with E-state index < -0.39 is 28.5 Å². The van der Waals surface area contributed by atoms with Crippen molar-refractivity contribution >= 4 is 43.5 Å². The number of carbonyl (C=O) groups excluding carboxylic acids is 2. The molecule has 1 atom stereocenters. The maximum absolute atomic E-state index is 14.1. The Bertz CT molecular complexity index is 1440. The smallest absolute Gasteiger partial charge is 0.264 e. The van der Waals surface area contributed by atoms with Gasteiger partial charge in [-0.05, 0) is 67.8 Å². The lowest BCUT2D eigenvalue weighted by Crippen LogP contribution is -2.53. The molecule has 0 saturated heterocycles. The highest BCUT2D eigenvalue weighted by Gasteiger charge is 2.33. The third kappa shape index (κ3) is 7.89. The van der Waals surface area contributed by atoms with E-state index >= 15 is 0 Å². The molecule has 8 nitrogen and oxygen atoms in total. The van der Waals surface area contributed by atoms with Gasteiger partial charge in [0.1, 0.15) is 18.3 Å². The Hall–Kier alpha value is -3.37. The summed E-state index contributed by atoms with van der Waals surface area (Å²) in [6.45, 7) is 1.30. The number of amides is 2. The van der Waals surface area contributed by atoms with E-state index in [-0.39, 0.29) is 23.4 Å². The number of benzene rings is 3. The van der Waals surface area contributed by atoms with Gasteiger partial charge in [-0.25, -0.2) is 8.42 Å². The van der Waals surface area contributed by atoms with Crippen molar-refractivity contribution in [1.29, 1.82) is 0 Å². The summed E-state index contributed by atoms with van der Waals surface area (Å²) in [6, 6.07) is 21.3. The molecule has 3 aromatic carbocycles. The third-order valence-electron chi connectivity index (χ3n) is 7.31. The highest BCUT2D eigenvalue weighted by Crippen LogP contribution is 2.27. The molecular weight excluding hydrogens is 606 g/mol.